The molecule has 110 valence electrons. The molecule has 7 heteroatoms. The highest BCUT2D eigenvalue weighted by Gasteiger charge is 2.27. The normalized spacial score (nSPS) is 20.8. The number of nitrogens with zero attached hydrogens (tertiary/aromatic N) is 1. The molecule has 1 aliphatic rings. The monoisotopic (exact) mass is 297 g/mol. The molecule has 1 aromatic rings. The molecule has 0 bridgehead atoms. The van der Waals surface area contributed by atoms with Crippen molar-refractivity contribution in [1.29, 1.82) is 0 Å². The zero-order valence-electron chi connectivity index (χ0n) is 11.3. The van der Waals surface area contributed by atoms with Crippen LogP contribution in [0.15, 0.2) is 11.4 Å². The Morgan fingerprint density at radius 3 is 3.00 bits per heavy atom. The largest absolute Gasteiger partial charge is 0.393 e. The fourth-order valence-corrected chi connectivity index (χ4v) is 3.18. The summed E-state index contributed by atoms with van der Waals surface area (Å²) in [5.74, 6) is -0.483. The van der Waals surface area contributed by atoms with Crippen LogP contribution < -0.4 is 11.1 Å². The predicted molar refractivity (Wildman–Crippen MR) is 77.7 cm³/mol. The number of carbonyl (C=O) groups is 2. The summed E-state index contributed by atoms with van der Waals surface area (Å²) in [6.07, 6.45) is 0.554. The molecule has 1 aromatic heterocycles. The maximum Gasteiger partial charge on any atom is 0.251 e. The third-order valence-electron chi connectivity index (χ3n) is 3.54. The molecule has 2 atom stereocenters. The third kappa shape index (κ3) is 3.56. The summed E-state index contributed by atoms with van der Waals surface area (Å²) in [5.41, 5.74) is 5.57. The summed E-state index contributed by atoms with van der Waals surface area (Å²) < 4.78 is 0. The molecule has 2 rings (SSSR count). The van der Waals surface area contributed by atoms with E-state index in [1.165, 1.54) is 11.3 Å². The summed E-state index contributed by atoms with van der Waals surface area (Å²) in [4.78, 5) is 25.1. The molecule has 2 unspecified atom stereocenters. The number of nitrogens with one attached hydrogen (secondary N) is 1. The molecule has 0 saturated carbocycles. The van der Waals surface area contributed by atoms with Crippen molar-refractivity contribution in [2.24, 2.45) is 11.7 Å². The van der Waals surface area contributed by atoms with Crippen molar-refractivity contribution in [2.75, 3.05) is 25.0 Å². The van der Waals surface area contributed by atoms with Gasteiger partial charge in [0, 0.05) is 6.54 Å². The second kappa shape index (κ2) is 6.34. The van der Waals surface area contributed by atoms with E-state index in [4.69, 9.17) is 5.73 Å². The van der Waals surface area contributed by atoms with Gasteiger partial charge in [0.1, 0.15) is 5.00 Å². The minimum Gasteiger partial charge on any atom is -0.393 e. The van der Waals surface area contributed by atoms with Gasteiger partial charge in [0.15, 0.2) is 0 Å². The summed E-state index contributed by atoms with van der Waals surface area (Å²) in [6, 6.07) is 1.60. The Balaban J connectivity index is 1.87. The molecule has 1 aliphatic heterocycles. The van der Waals surface area contributed by atoms with Gasteiger partial charge in [-0.3, -0.25) is 14.5 Å². The number of rotatable bonds is 5. The molecule has 2 heterocycles. The van der Waals surface area contributed by atoms with Gasteiger partial charge in [0.25, 0.3) is 5.91 Å². The number of nitrogens with two attached hydrogens (primary N) is 1. The molecular weight excluding hydrogens is 278 g/mol. The highest BCUT2D eigenvalue weighted by Crippen LogP contribution is 2.23. The van der Waals surface area contributed by atoms with Crippen molar-refractivity contribution in [3.05, 3.63) is 17.0 Å². The van der Waals surface area contributed by atoms with Crippen LogP contribution in [0.25, 0.3) is 0 Å². The van der Waals surface area contributed by atoms with Gasteiger partial charge in [-0.1, -0.05) is 0 Å². The Hall–Kier alpha value is -1.44. The maximum atomic E-state index is 12.0. The highest BCUT2D eigenvalue weighted by molar-refractivity contribution is 7.14. The van der Waals surface area contributed by atoms with Crippen molar-refractivity contribution in [3.8, 4) is 0 Å². The van der Waals surface area contributed by atoms with Crippen LogP contribution in [0, 0.1) is 5.92 Å². The molecule has 0 spiro atoms. The fraction of sp³-hybridized carbons (Fsp3) is 0.538. The number of anilines is 1. The van der Waals surface area contributed by atoms with Gasteiger partial charge in [-0.2, -0.15) is 0 Å². The average Bonchev–Trinajstić information content (AvgIpc) is 2.97. The van der Waals surface area contributed by atoms with E-state index in [9.17, 15) is 14.7 Å². The van der Waals surface area contributed by atoms with Crippen LogP contribution in [0.4, 0.5) is 5.00 Å². The second-order valence-electron chi connectivity index (χ2n) is 5.10. The molecule has 2 amide bonds. The number of likely N-dealkylation sites (tertiary alicyclic amines) is 1. The Kier molecular flexibility index (Phi) is 4.74. The predicted octanol–water partition coefficient (Wildman–Crippen LogP) is 0.488. The zero-order valence-corrected chi connectivity index (χ0v) is 12.2. The van der Waals surface area contributed by atoms with Crippen LogP contribution in [0.3, 0.4) is 0 Å². The van der Waals surface area contributed by atoms with E-state index in [1.807, 2.05) is 4.90 Å². The van der Waals surface area contributed by atoms with Crippen molar-refractivity contribution in [3.63, 3.8) is 0 Å². The van der Waals surface area contributed by atoms with Gasteiger partial charge in [-0.05, 0) is 37.3 Å². The lowest BCUT2D eigenvalue weighted by molar-refractivity contribution is -0.117. The summed E-state index contributed by atoms with van der Waals surface area (Å²) in [6.45, 7) is 3.56. The Bertz CT molecular complexity index is 501. The van der Waals surface area contributed by atoms with E-state index < -0.39 is 5.91 Å². The minimum atomic E-state index is -0.545. The maximum absolute atomic E-state index is 12.0. The lowest BCUT2D eigenvalue weighted by Gasteiger charge is -2.16. The first kappa shape index (κ1) is 15.0. The molecule has 4 N–H and O–H groups in total. The quantitative estimate of drug-likeness (QED) is 0.737. The number of amides is 2. The topological polar surface area (TPSA) is 95.7 Å². The number of hydrogen-bond acceptors (Lipinski definition) is 5. The number of carbonyl (C=O) groups excluding carboxylic acids is 2. The van der Waals surface area contributed by atoms with E-state index in [1.54, 1.807) is 18.4 Å². The van der Waals surface area contributed by atoms with Gasteiger partial charge in [-0.15, -0.1) is 11.3 Å². The molecule has 20 heavy (non-hydrogen) atoms. The van der Waals surface area contributed by atoms with Crippen LogP contribution in [0.2, 0.25) is 0 Å². The van der Waals surface area contributed by atoms with Crippen molar-refractivity contribution in [1.82, 2.24) is 4.90 Å². The lowest BCUT2D eigenvalue weighted by atomic mass is 10.0. The molecule has 0 aliphatic carbocycles. The Morgan fingerprint density at radius 2 is 2.40 bits per heavy atom. The number of primary amides is 1. The first-order valence-corrected chi connectivity index (χ1v) is 7.43. The SMILES string of the molecule is CC(O)C1CCN(CC(=O)Nc2sccc2C(N)=O)C1. The Morgan fingerprint density at radius 1 is 1.65 bits per heavy atom. The third-order valence-corrected chi connectivity index (χ3v) is 4.37. The van der Waals surface area contributed by atoms with Crippen LogP contribution in [-0.4, -0.2) is 47.6 Å². The van der Waals surface area contributed by atoms with Crippen LogP contribution in [0.1, 0.15) is 23.7 Å². The first-order chi connectivity index (χ1) is 9.47. The first-order valence-electron chi connectivity index (χ1n) is 6.55. The van der Waals surface area contributed by atoms with Crippen LogP contribution in [0.5, 0.6) is 0 Å². The zero-order chi connectivity index (χ0) is 14.7. The van der Waals surface area contributed by atoms with Crippen molar-refractivity contribution < 1.29 is 14.7 Å². The van der Waals surface area contributed by atoms with Gasteiger partial charge in [-0.25, -0.2) is 0 Å². The van der Waals surface area contributed by atoms with Crippen LogP contribution >= 0.6 is 11.3 Å². The fourth-order valence-electron chi connectivity index (χ4n) is 2.37. The summed E-state index contributed by atoms with van der Waals surface area (Å²) in [5, 5.41) is 14.5. The average molecular weight is 297 g/mol. The lowest BCUT2D eigenvalue weighted by Crippen LogP contribution is -2.32. The summed E-state index contributed by atoms with van der Waals surface area (Å²) >= 11 is 1.28. The van der Waals surface area contributed by atoms with E-state index in [2.05, 4.69) is 5.32 Å². The molecule has 1 saturated heterocycles. The van der Waals surface area contributed by atoms with E-state index >= 15 is 0 Å². The van der Waals surface area contributed by atoms with Gasteiger partial charge in [0.2, 0.25) is 5.91 Å². The Labute approximate surface area is 121 Å². The number of hydrogen-bond donors (Lipinski definition) is 3. The molecule has 0 radical (unpaired) electrons. The molecule has 1 fully saturated rings. The van der Waals surface area contributed by atoms with E-state index in [-0.39, 0.29) is 24.5 Å². The highest BCUT2D eigenvalue weighted by atomic mass is 32.1. The molecule has 0 aromatic carbocycles. The van der Waals surface area contributed by atoms with Gasteiger partial charge < -0.3 is 16.2 Å². The standard InChI is InChI=1S/C13H19N3O3S/c1-8(17)9-2-4-16(6-9)7-11(18)15-13-10(12(14)19)3-5-20-13/h3,5,8-9,17H,2,4,6-7H2,1H3,(H2,14,19)(H,15,18). The van der Waals surface area contributed by atoms with E-state index in [0.717, 1.165) is 19.5 Å². The van der Waals surface area contributed by atoms with Crippen molar-refractivity contribution in [2.45, 2.75) is 19.4 Å². The molecule has 6 nitrogen and oxygen atoms in total. The molecular formula is C13H19N3O3S. The van der Waals surface area contributed by atoms with E-state index in [0.29, 0.717) is 10.6 Å². The minimum absolute atomic E-state index is 0.166. The number of aliphatic hydroxyl groups is 1. The van der Waals surface area contributed by atoms with Gasteiger partial charge >= 0.3 is 0 Å². The summed E-state index contributed by atoms with van der Waals surface area (Å²) in [7, 11) is 0. The second-order valence-corrected chi connectivity index (χ2v) is 6.02. The smallest absolute Gasteiger partial charge is 0.251 e. The number of aliphatic hydroxyl groups excluding tert-OH is 1. The van der Waals surface area contributed by atoms with Gasteiger partial charge in [0.05, 0.1) is 18.2 Å². The van der Waals surface area contributed by atoms with Crippen molar-refractivity contribution >= 4 is 28.2 Å². The van der Waals surface area contributed by atoms with Crippen LogP contribution in [-0.2, 0) is 4.79 Å². The number of thiophene rings is 1.